The Hall–Kier alpha value is -3.68. The number of para-hydroxylation sites is 1. The van der Waals surface area contributed by atoms with Crippen molar-refractivity contribution in [3.8, 4) is 0 Å². The Balaban J connectivity index is 1.61. The first-order valence-corrected chi connectivity index (χ1v) is 9.10. The number of carbonyl (C=O) groups excluding carboxylic acids is 4. The van der Waals surface area contributed by atoms with Crippen molar-refractivity contribution in [2.45, 2.75) is 25.1 Å². The fourth-order valence-electron chi connectivity index (χ4n) is 3.68. The van der Waals surface area contributed by atoms with Crippen LogP contribution in [0.1, 0.15) is 45.3 Å². The van der Waals surface area contributed by atoms with Gasteiger partial charge >= 0.3 is 11.9 Å². The van der Waals surface area contributed by atoms with Gasteiger partial charge in [0.2, 0.25) is 18.0 Å². The molecule has 2 atom stereocenters. The second-order valence-electron chi connectivity index (χ2n) is 6.73. The Morgan fingerprint density at radius 2 is 1.83 bits per heavy atom. The minimum atomic E-state index is -0.944. The number of hydrogen-bond donors (Lipinski definition) is 1. The van der Waals surface area contributed by atoms with Crippen LogP contribution in [0.2, 0.25) is 0 Å². The highest BCUT2D eigenvalue weighted by molar-refractivity contribution is 6.04. The van der Waals surface area contributed by atoms with Crippen molar-refractivity contribution in [1.82, 2.24) is 4.90 Å². The lowest BCUT2D eigenvalue weighted by atomic mass is 10.1. The number of nitrogens with zero attached hydrogens (tertiary/aromatic N) is 1. The molecule has 1 saturated heterocycles. The quantitative estimate of drug-likeness (QED) is 0.799. The number of likely N-dealkylation sites (tertiary alicyclic amines) is 1. The standard InChI is InChI=1S/C21H18N2O6/c1-28-20(26)14-8-4-5-9-15(14)22-18(25)16-10-11-17(24)23(16)19-12-6-2-3-7-13(12)21(27)29-19/h2-9,16,19H,10-11H2,1H3,(H,22,25)/t16-,19-/m0/s1. The van der Waals surface area contributed by atoms with Crippen LogP contribution < -0.4 is 5.32 Å². The fraction of sp³-hybridized carbons (Fsp3) is 0.238. The minimum Gasteiger partial charge on any atom is -0.465 e. The number of fused-ring (bicyclic) bond motifs is 1. The number of methoxy groups -OCH3 is 1. The van der Waals surface area contributed by atoms with Crippen molar-refractivity contribution in [2.75, 3.05) is 12.4 Å². The van der Waals surface area contributed by atoms with E-state index in [9.17, 15) is 19.2 Å². The lowest BCUT2D eigenvalue weighted by Gasteiger charge is -2.29. The van der Waals surface area contributed by atoms with Crippen LogP contribution in [0.15, 0.2) is 48.5 Å². The van der Waals surface area contributed by atoms with E-state index in [1.54, 1.807) is 42.5 Å². The number of cyclic esters (lactones) is 1. The molecule has 2 aromatic carbocycles. The highest BCUT2D eigenvalue weighted by atomic mass is 16.6. The van der Waals surface area contributed by atoms with Crippen molar-refractivity contribution in [1.29, 1.82) is 0 Å². The van der Waals surface area contributed by atoms with Gasteiger partial charge in [-0.15, -0.1) is 0 Å². The van der Waals surface area contributed by atoms with E-state index in [0.29, 0.717) is 11.1 Å². The number of amides is 2. The number of benzene rings is 2. The Morgan fingerprint density at radius 3 is 2.62 bits per heavy atom. The van der Waals surface area contributed by atoms with Gasteiger partial charge in [-0.2, -0.15) is 0 Å². The third-order valence-electron chi connectivity index (χ3n) is 5.07. The number of rotatable bonds is 4. The number of esters is 2. The minimum absolute atomic E-state index is 0.160. The molecule has 2 aliphatic rings. The van der Waals surface area contributed by atoms with Gasteiger partial charge in [0.05, 0.1) is 23.9 Å². The van der Waals surface area contributed by atoms with Gasteiger partial charge in [0.1, 0.15) is 6.04 Å². The number of carbonyl (C=O) groups is 4. The number of nitrogens with one attached hydrogen (secondary N) is 1. The summed E-state index contributed by atoms with van der Waals surface area (Å²) >= 11 is 0. The Bertz CT molecular complexity index is 1020. The maximum atomic E-state index is 13.0. The second kappa shape index (κ2) is 7.38. The average Bonchev–Trinajstić information content (AvgIpc) is 3.28. The van der Waals surface area contributed by atoms with Crippen molar-refractivity contribution < 1.29 is 28.7 Å². The molecule has 2 heterocycles. The van der Waals surface area contributed by atoms with Crippen molar-refractivity contribution in [3.63, 3.8) is 0 Å². The summed E-state index contributed by atoms with van der Waals surface area (Å²) in [7, 11) is 1.25. The molecule has 29 heavy (non-hydrogen) atoms. The van der Waals surface area contributed by atoms with Crippen molar-refractivity contribution in [3.05, 3.63) is 65.2 Å². The van der Waals surface area contributed by atoms with Crippen molar-refractivity contribution >= 4 is 29.4 Å². The maximum absolute atomic E-state index is 13.0. The molecule has 8 nitrogen and oxygen atoms in total. The van der Waals surface area contributed by atoms with E-state index < -0.39 is 30.1 Å². The smallest absolute Gasteiger partial charge is 0.340 e. The number of ether oxygens (including phenoxy) is 2. The average molecular weight is 394 g/mol. The molecule has 1 N–H and O–H groups in total. The summed E-state index contributed by atoms with van der Waals surface area (Å²) < 4.78 is 10.2. The van der Waals surface area contributed by atoms with Gasteiger partial charge in [-0.3, -0.25) is 14.5 Å². The molecular weight excluding hydrogens is 376 g/mol. The Labute approximate surface area is 166 Å². The summed E-state index contributed by atoms with van der Waals surface area (Å²) in [5, 5.41) is 2.70. The van der Waals surface area contributed by atoms with Crippen LogP contribution in [-0.4, -0.2) is 41.8 Å². The highest BCUT2D eigenvalue weighted by Crippen LogP contribution is 2.38. The van der Waals surface area contributed by atoms with E-state index in [2.05, 4.69) is 5.32 Å². The molecule has 0 unspecified atom stereocenters. The first-order valence-electron chi connectivity index (χ1n) is 9.10. The summed E-state index contributed by atoms with van der Waals surface area (Å²) in [5.41, 5.74) is 1.43. The molecule has 148 valence electrons. The molecule has 2 aliphatic heterocycles. The summed E-state index contributed by atoms with van der Waals surface area (Å²) in [6, 6.07) is 12.4. The molecule has 8 heteroatoms. The monoisotopic (exact) mass is 394 g/mol. The predicted octanol–water partition coefficient (Wildman–Crippen LogP) is 2.27. The summed E-state index contributed by atoms with van der Waals surface area (Å²) in [6.07, 6.45) is -0.505. The number of anilines is 1. The molecule has 0 aliphatic carbocycles. The van der Waals surface area contributed by atoms with Crippen LogP contribution >= 0.6 is 0 Å². The third kappa shape index (κ3) is 3.22. The molecule has 0 radical (unpaired) electrons. The lowest BCUT2D eigenvalue weighted by Crippen LogP contribution is -2.44. The molecule has 0 aromatic heterocycles. The van der Waals surface area contributed by atoms with E-state index in [1.165, 1.54) is 18.1 Å². The van der Waals surface area contributed by atoms with Gasteiger partial charge in [0.15, 0.2) is 0 Å². The molecule has 0 spiro atoms. The van der Waals surface area contributed by atoms with Gasteiger partial charge in [-0.05, 0) is 24.6 Å². The first-order chi connectivity index (χ1) is 14.0. The second-order valence-corrected chi connectivity index (χ2v) is 6.73. The van der Waals surface area contributed by atoms with Gasteiger partial charge in [0.25, 0.3) is 0 Å². The van der Waals surface area contributed by atoms with Gasteiger partial charge in [0, 0.05) is 12.0 Å². The SMILES string of the molecule is COC(=O)c1ccccc1NC(=O)[C@@H]1CCC(=O)N1[C@H]1OC(=O)c2ccccc21. The first kappa shape index (κ1) is 18.7. The number of hydrogen-bond acceptors (Lipinski definition) is 6. The van der Waals surface area contributed by atoms with Crippen LogP contribution in [0.4, 0.5) is 5.69 Å². The van der Waals surface area contributed by atoms with Crippen molar-refractivity contribution in [2.24, 2.45) is 0 Å². The topological polar surface area (TPSA) is 102 Å². The molecule has 2 amide bonds. The van der Waals surface area contributed by atoms with Crippen LogP contribution in [0, 0.1) is 0 Å². The summed E-state index contributed by atoms with van der Waals surface area (Å²) in [4.78, 5) is 50.9. The van der Waals surface area contributed by atoms with Gasteiger partial charge < -0.3 is 14.8 Å². The zero-order chi connectivity index (χ0) is 20.5. The zero-order valence-electron chi connectivity index (χ0n) is 15.6. The van der Waals surface area contributed by atoms with Crippen LogP contribution in [0.25, 0.3) is 0 Å². The Kier molecular flexibility index (Phi) is 4.75. The molecule has 2 aromatic rings. The van der Waals surface area contributed by atoms with E-state index in [4.69, 9.17) is 9.47 Å². The molecule has 0 saturated carbocycles. The van der Waals surface area contributed by atoms with Gasteiger partial charge in [-0.25, -0.2) is 9.59 Å². The largest absolute Gasteiger partial charge is 0.465 e. The predicted molar refractivity (Wildman–Crippen MR) is 101 cm³/mol. The third-order valence-corrected chi connectivity index (χ3v) is 5.07. The van der Waals surface area contributed by atoms with Crippen LogP contribution in [-0.2, 0) is 19.1 Å². The summed E-state index contributed by atoms with van der Waals surface area (Å²) in [6.45, 7) is 0. The van der Waals surface area contributed by atoms with Gasteiger partial charge in [-0.1, -0.05) is 30.3 Å². The van der Waals surface area contributed by atoms with E-state index in [-0.39, 0.29) is 30.0 Å². The highest BCUT2D eigenvalue weighted by Gasteiger charge is 2.46. The Morgan fingerprint density at radius 1 is 1.10 bits per heavy atom. The van der Waals surface area contributed by atoms with Crippen LogP contribution in [0.3, 0.4) is 0 Å². The molecule has 1 fully saturated rings. The van der Waals surface area contributed by atoms with E-state index in [0.717, 1.165) is 0 Å². The molecule has 4 rings (SSSR count). The summed E-state index contributed by atoms with van der Waals surface area (Å²) in [5.74, 6) is -1.85. The van der Waals surface area contributed by atoms with E-state index >= 15 is 0 Å². The molecular formula is C21H18N2O6. The maximum Gasteiger partial charge on any atom is 0.340 e. The normalized spacial score (nSPS) is 20.2. The van der Waals surface area contributed by atoms with Crippen LogP contribution in [0.5, 0.6) is 0 Å². The fourth-order valence-corrected chi connectivity index (χ4v) is 3.68. The molecule has 0 bridgehead atoms. The van der Waals surface area contributed by atoms with E-state index in [1.807, 2.05) is 0 Å². The zero-order valence-corrected chi connectivity index (χ0v) is 15.6. The lowest BCUT2D eigenvalue weighted by molar-refractivity contribution is -0.144.